The zero-order valence-electron chi connectivity index (χ0n) is 15.2. The SMILES string of the molecule is CCC(C)C(C)(O)CNC(=O)NCc1nccn1Cc1ccccc1. The maximum absolute atomic E-state index is 12.0. The van der Waals surface area contributed by atoms with Crippen LogP contribution in [0.2, 0.25) is 0 Å². The number of rotatable bonds is 8. The molecule has 6 nitrogen and oxygen atoms in total. The van der Waals surface area contributed by atoms with Crippen molar-refractivity contribution in [3.8, 4) is 0 Å². The molecule has 0 aliphatic rings. The number of imidazole rings is 1. The van der Waals surface area contributed by atoms with Gasteiger partial charge in [0.15, 0.2) is 0 Å². The topological polar surface area (TPSA) is 79.2 Å². The number of nitrogens with one attached hydrogen (secondary N) is 2. The minimum Gasteiger partial charge on any atom is -0.388 e. The molecule has 2 aromatic rings. The van der Waals surface area contributed by atoms with Gasteiger partial charge < -0.3 is 20.3 Å². The minimum atomic E-state index is -0.919. The van der Waals surface area contributed by atoms with Gasteiger partial charge in [0.25, 0.3) is 0 Å². The zero-order chi connectivity index (χ0) is 18.3. The Morgan fingerprint density at radius 3 is 2.72 bits per heavy atom. The summed E-state index contributed by atoms with van der Waals surface area (Å²) >= 11 is 0. The van der Waals surface area contributed by atoms with Gasteiger partial charge in [-0.2, -0.15) is 0 Å². The summed E-state index contributed by atoms with van der Waals surface area (Å²) < 4.78 is 2.00. The van der Waals surface area contributed by atoms with Crippen LogP contribution in [-0.2, 0) is 13.1 Å². The Labute approximate surface area is 149 Å². The molecule has 1 aromatic carbocycles. The first-order valence-corrected chi connectivity index (χ1v) is 8.70. The van der Waals surface area contributed by atoms with Crippen molar-refractivity contribution in [2.75, 3.05) is 6.54 Å². The van der Waals surface area contributed by atoms with Gasteiger partial charge in [-0.1, -0.05) is 50.6 Å². The van der Waals surface area contributed by atoms with E-state index in [1.165, 1.54) is 5.56 Å². The van der Waals surface area contributed by atoms with E-state index in [1.54, 1.807) is 13.1 Å². The summed E-state index contributed by atoms with van der Waals surface area (Å²) in [5.74, 6) is 0.894. The lowest BCUT2D eigenvalue weighted by molar-refractivity contribution is 0.00790. The van der Waals surface area contributed by atoms with Gasteiger partial charge in [-0.3, -0.25) is 0 Å². The molecule has 2 atom stereocenters. The molecule has 0 spiro atoms. The van der Waals surface area contributed by atoms with E-state index < -0.39 is 5.60 Å². The number of aromatic nitrogens is 2. The fourth-order valence-corrected chi connectivity index (χ4v) is 2.53. The molecule has 0 bridgehead atoms. The van der Waals surface area contributed by atoms with Crippen LogP contribution in [0.4, 0.5) is 4.79 Å². The van der Waals surface area contributed by atoms with Crippen molar-refractivity contribution in [1.29, 1.82) is 0 Å². The quantitative estimate of drug-likeness (QED) is 0.688. The summed E-state index contributed by atoms with van der Waals surface area (Å²) in [5, 5.41) is 15.9. The monoisotopic (exact) mass is 344 g/mol. The standard InChI is InChI=1S/C19H28N4O2/c1-4-15(2)19(3,25)14-22-18(24)21-12-17-20-10-11-23(17)13-16-8-6-5-7-9-16/h5-11,15,25H,4,12-14H2,1-3H3,(H2,21,22,24). The highest BCUT2D eigenvalue weighted by Gasteiger charge is 2.27. The van der Waals surface area contributed by atoms with Gasteiger partial charge in [0.2, 0.25) is 0 Å². The van der Waals surface area contributed by atoms with Gasteiger partial charge in [0.1, 0.15) is 5.82 Å². The molecule has 3 N–H and O–H groups in total. The second-order valence-electron chi connectivity index (χ2n) is 6.66. The van der Waals surface area contributed by atoms with E-state index in [2.05, 4.69) is 27.8 Å². The van der Waals surface area contributed by atoms with E-state index in [-0.39, 0.29) is 18.5 Å². The summed E-state index contributed by atoms with van der Waals surface area (Å²) in [7, 11) is 0. The van der Waals surface area contributed by atoms with Crippen molar-refractivity contribution in [3.05, 3.63) is 54.1 Å². The summed E-state index contributed by atoms with van der Waals surface area (Å²) in [6.45, 7) is 6.99. The van der Waals surface area contributed by atoms with Gasteiger partial charge in [-0.05, 0) is 18.4 Å². The first-order valence-electron chi connectivity index (χ1n) is 8.70. The highest BCUT2D eigenvalue weighted by atomic mass is 16.3. The normalized spacial score (nSPS) is 14.6. The predicted molar refractivity (Wildman–Crippen MR) is 98.1 cm³/mol. The van der Waals surface area contributed by atoms with Gasteiger partial charge in [0.05, 0.1) is 12.1 Å². The average Bonchev–Trinajstić information content (AvgIpc) is 3.05. The molecule has 136 valence electrons. The molecule has 1 aromatic heterocycles. The second kappa shape index (κ2) is 8.67. The fraction of sp³-hybridized carbons (Fsp3) is 0.474. The molecule has 0 aliphatic carbocycles. The Balaban J connectivity index is 1.84. The number of amides is 2. The van der Waals surface area contributed by atoms with Crippen LogP contribution >= 0.6 is 0 Å². The molecule has 0 aliphatic heterocycles. The van der Waals surface area contributed by atoms with E-state index in [1.807, 2.05) is 42.8 Å². The van der Waals surface area contributed by atoms with Crippen molar-refractivity contribution in [2.24, 2.45) is 5.92 Å². The third-order valence-electron chi connectivity index (χ3n) is 4.69. The van der Waals surface area contributed by atoms with Crippen LogP contribution in [0.15, 0.2) is 42.7 Å². The highest BCUT2D eigenvalue weighted by Crippen LogP contribution is 2.18. The molecule has 25 heavy (non-hydrogen) atoms. The van der Waals surface area contributed by atoms with Crippen LogP contribution in [0, 0.1) is 5.92 Å². The number of urea groups is 1. The van der Waals surface area contributed by atoms with Crippen molar-refractivity contribution in [2.45, 2.75) is 45.9 Å². The van der Waals surface area contributed by atoms with Gasteiger partial charge in [-0.15, -0.1) is 0 Å². The lowest BCUT2D eigenvalue weighted by atomic mass is 9.89. The average molecular weight is 344 g/mol. The van der Waals surface area contributed by atoms with E-state index in [0.717, 1.165) is 12.2 Å². The Morgan fingerprint density at radius 1 is 1.32 bits per heavy atom. The second-order valence-corrected chi connectivity index (χ2v) is 6.66. The summed E-state index contributed by atoms with van der Waals surface area (Å²) in [5.41, 5.74) is 0.258. The van der Waals surface area contributed by atoms with Crippen LogP contribution in [0.3, 0.4) is 0 Å². The molecular formula is C19H28N4O2. The summed E-state index contributed by atoms with van der Waals surface area (Å²) in [4.78, 5) is 16.3. The Hall–Kier alpha value is -2.34. The molecule has 2 amide bonds. The number of hydrogen-bond acceptors (Lipinski definition) is 3. The van der Waals surface area contributed by atoms with Gasteiger partial charge in [-0.25, -0.2) is 9.78 Å². The van der Waals surface area contributed by atoms with E-state index in [0.29, 0.717) is 13.1 Å². The van der Waals surface area contributed by atoms with Crippen LogP contribution < -0.4 is 10.6 Å². The van der Waals surface area contributed by atoms with Crippen molar-refractivity contribution >= 4 is 6.03 Å². The number of aliphatic hydroxyl groups is 1. The first-order chi connectivity index (χ1) is 11.9. The van der Waals surface area contributed by atoms with Crippen LogP contribution in [0.1, 0.15) is 38.6 Å². The fourth-order valence-electron chi connectivity index (χ4n) is 2.53. The van der Waals surface area contributed by atoms with Crippen molar-refractivity contribution in [3.63, 3.8) is 0 Å². The van der Waals surface area contributed by atoms with Crippen LogP contribution in [-0.4, -0.2) is 32.8 Å². The molecule has 0 saturated heterocycles. The Morgan fingerprint density at radius 2 is 2.04 bits per heavy atom. The Bertz CT molecular complexity index is 667. The molecule has 0 saturated carbocycles. The van der Waals surface area contributed by atoms with Gasteiger partial charge in [0, 0.05) is 25.5 Å². The van der Waals surface area contributed by atoms with E-state index in [4.69, 9.17) is 0 Å². The molecule has 0 fully saturated rings. The smallest absolute Gasteiger partial charge is 0.315 e. The molecule has 6 heteroatoms. The molecule has 2 unspecified atom stereocenters. The number of carbonyl (C=O) groups is 1. The molecule has 2 rings (SSSR count). The van der Waals surface area contributed by atoms with E-state index in [9.17, 15) is 9.90 Å². The predicted octanol–water partition coefficient (Wildman–Crippen LogP) is 2.53. The lowest BCUT2D eigenvalue weighted by Gasteiger charge is -2.29. The largest absolute Gasteiger partial charge is 0.388 e. The van der Waals surface area contributed by atoms with E-state index >= 15 is 0 Å². The van der Waals surface area contributed by atoms with Crippen LogP contribution in [0.5, 0.6) is 0 Å². The lowest BCUT2D eigenvalue weighted by Crippen LogP contribution is -2.47. The summed E-state index contributed by atoms with van der Waals surface area (Å²) in [6, 6.07) is 9.79. The van der Waals surface area contributed by atoms with Crippen molar-refractivity contribution < 1.29 is 9.90 Å². The first kappa shape index (κ1) is 19.0. The van der Waals surface area contributed by atoms with Crippen LogP contribution in [0.25, 0.3) is 0 Å². The molecule has 1 heterocycles. The maximum Gasteiger partial charge on any atom is 0.315 e. The zero-order valence-corrected chi connectivity index (χ0v) is 15.2. The van der Waals surface area contributed by atoms with Gasteiger partial charge >= 0.3 is 6.03 Å². The third kappa shape index (κ3) is 5.60. The third-order valence-corrected chi connectivity index (χ3v) is 4.69. The van der Waals surface area contributed by atoms with Crippen molar-refractivity contribution in [1.82, 2.24) is 20.2 Å². The summed E-state index contributed by atoms with van der Waals surface area (Å²) in [6.07, 6.45) is 4.48. The highest BCUT2D eigenvalue weighted by molar-refractivity contribution is 5.73. The molecular weight excluding hydrogens is 316 g/mol. The molecule has 0 radical (unpaired) electrons. The number of carbonyl (C=O) groups excluding carboxylic acids is 1. The number of benzene rings is 1. The number of hydrogen-bond donors (Lipinski definition) is 3. The maximum atomic E-state index is 12.0. The minimum absolute atomic E-state index is 0.109. The number of nitrogens with zero attached hydrogens (tertiary/aromatic N) is 2. The Kier molecular flexibility index (Phi) is 6.58.